The maximum absolute atomic E-state index is 5.69. The Kier molecular flexibility index (Phi) is 20.0. The van der Waals surface area contributed by atoms with Crippen LogP contribution in [0.5, 0.6) is 11.5 Å². The van der Waals surface area contributed by atoms with Crippen molar-refractivity contribution in [3.05, 3.63) is 53.3 Å². The second-order valence-corrected chi connectivity index (χ2v) is 9.50. The number of ether oxygens (including phenoxy) is 2. The fraction of sp³-hybridized carbons (Fsp3) is 0.621. The Morgan fingerprint density at radius 2 is 1.73 bits per heavy atom. The molecule has 1 atom stereocenters. The number of nitrogens with zero attached hydrogens (tertiary/aromatic N) is 2. The van der Waals surface area contributed by atoms with Crippen LogP contribution in [0.1, 0.15) is 68.6 Å². The summed E-state index contributed by atoms with van der Waals surface area (Å²) >= 11 is 0. The number of aromatic nitrogens is 1. The molecule has 1 unspecified atom stereocenters. The number of hydrogen-bond donors (Lipinski definition) is 1. The van der Waals surface area contributed by atoms with Crippen LogP contribution < -0.4 is 14.8 Å². The Morgan fingerprint density at radius 1 is 0.946 bits per heavy atom. The fourth-order valence-corrected chi connectivity index (χ4v) is 5.25. The Morgan fingerprint density at radius 3 is 2.43 bits per heavy atom. The van der Waals surface area contributed by atoms with Crippen molar-refractivity contribution >= 4 is 37.2 Å². The molecule has 37 heavy (non-hydrogen) atoms. The zero-order chi connectivity index (χ0) is 24.0. The van der Waals surface area contributed by atoms with Crippen LogP contribution in [0.4, 0.5) is 0 Å². The van der Waals surface area contributed by atoms with Gasteiger partial charge < -0.3 is 19.7 Å². The van der Waals surface area contributed by atoms with Gasteiger partial charge in [0.15, 0.2) is 11.5 Å². The second kappa shape index (κ2) is 20.7. The van der Waals surface area contributed by atoms with Gasteiger partial charge in [0.25, 0.3) is 0 Å². The van der Waals surface area contributed by atoms with Crippen molar-refractivity contribution in [3.63, 3.8) is 0 Å². The number of nitrogens with one attached hydrogen (secondary N) is 1. The monoisotopic (exact) mass is 575 g/mol. The van der Waals surface area contributed by atoms with Crippen LogP contribution in [0.2, 0.25) is 0 Å². The van der Waals surface area contributed by atoms with Gasteiger partial charge in [0.1, 0.15) is 0 Å². The normalized spacial score (nSPS) is 14.1. The highest BCUT2D eigenvalue weighted by molar-refractivity contribution is 5.86. The molecular formula is C29H48Cl3N3O2. The summed E-state index contributed by atoms with van der Waals surface area (Å²) in [6.07, 6.45) is 16.0. The summed E-state index contributed by atoms with van der Waals surface area (Å²) in [5.74, 6) is 1.79. The highest BCUT2D eigenvalue weighted by Crippen LogP contribution is 2.38. The molecule has 0 radical (unpaired) electrons. The summed E-state index contributed by atoms with van der Waals surface area (Å²) in [7, 11) is 3.48. The third-order valence-corrected chi connectivity index (χ3v) is 7.05. The van der Waals surface area contributed by atoms with E-state index in [0.29, 0.717) is 6.04 Å². The van der Waals surface area contributed by atoms with Crippen molar-refractivity contribution < 1.29 is 9.47 Å². The average Bonchev–Trinajstić information content (AvgIpc) is 2.88. The third-order valence-electron chi connectivity index (χ3n) is 7.05. The van der Waals surface area contributed by atoms with E-state index in [-0.39, 0.29) is 37.2 Å². The highest BCUT2D eigenvalue weighted by atomic mass is 35.5. The number of aryl methyl sites for hydroxylation is 1. The van der Waals surface area contributed by atoms with Gasteiger partial charge in [-0.15, -0.1) is 37.2 Å². The molecule has 2 aromatic rings. The van der Waals surface area contributed by atoms with Gasteiger partial charge in [0.05, 0.1) is 14.2 Å². The minimum atomic E-state index is 0. The number of unbranched alkanes of at least 4 members (excludes halogenated alkanes) is 3. The summed E-state index contributed by atoms with van der Waals surface area (Å²) < 4.78 is 11.2. The fourth-order valence-electron chi connectivity index (χ4n) is 5.25. The Labute approximate surface area is 243 Å². The van der Waals surface area contributed by atoms with Crippen LogP contribution >= 0.6 is 37.2 Å². The van der Waals surface area contributed by atoms with Gasteiger partial charge in [-0.25, -0.2) is 0 Å². The van der Waals surface area contributed by atoms with Gasteiger partial charge in [-0.2, -0.15) is 0 Å². The predicted molar refractivity (Wildman–Crippen MR) is 163 cm³/mol. The van der Waals surface area contributed by atoms with Crippen molar-refractivity contribution in [1.29, 1.82) is 0 Å². The number of methoxy groups -OCH3 is 2. The summed E-state index contributed by atoms with van der Waals surface area (Å²) in [6, 6.07) is 9.14. The topological polar surface area (TPSA) is 46.6 Å². The Hall–Kier alpha value is -1.24. The van der Waals surface area contributed by atoms with Crippen molar-refractivity contribution in [2.75, 3.05) is 40.4 Å². The Bertz CT molecular complexity index is 843. The molecule has 0 bridgehead atoms. The second-order valence-electron chi connectivity index (χ2n) is 9.50. The van der Waals surface area contributed by atoms with E-state index in [1.807, 2.05) is 18.5 Å². The number of halogens is 3. The van der Waals surface area contributed by atoms with E-state index in [0.717, 1.165) is 43.9 Å². The summed E-state index contributed by atoms with van der Waals surface area (Å²) in [5.41, 5.74) is 4.12. The molecule has 0 fully saturated rings. The molecule has 0 saturated heterocycles. The molecular weight excluding hydrogens is 529 g/mol. The van der Waals surface area contributed by atoms with Crippen LogP contribution in [0.3, 0.4) is 0 Å². The molecule has 0 aliphatic heterocycles. The van der Waals surface area contributed by atoms with Crippen LogP contribution in [0.15, 0.2) is 36.7 Å². The van der Waals surface area contributed by atoms with Crippen LogP contribution in [-0.4, -0.2) is 56.3 Å². The standard InChI is InChI=1S/C29H45N3O2.3ClH/c1-4-20-32(26-14-15-27-25(22-26)13-16-28(33-2)29(27)34-3)21-8-6-5-7-17-30-18-9-11-24-12-10-19-31-23-24;;;/h10,12-13,16,19,23,26,30H,4-9,11,14-15,17-18,20-22H2,1-3H3;3*1H. The minimum absolute atomic E-state index is 0. The number of pyridine rings is 1. The van der Waals surface area contributed by atoms with Gasteiger partial charge in [0.2, 0.25) is 0 Å². The van der Waals surface area contributed by atoms with E-state index in [2.05, 4.69) is 40.3 Å². The molecule has 8 heteroatoms. The molecule has 0 amide bonds. The molecule has 1 N–H and O–H groups in total. The number of rotatable bonds is 16. The number of benzene rings is 1. The lowest BCUT2D eigenvalue weighted by molar-refractivity contribution is 0.175. The predicted octanol–water partition coefficient (Wildman–Crippen LogP) is 6.72. The Balaban J connectivity index is 0.00000432. The highest BCUT2D eigenvalue weighted by Gasteiger charge is 2.27. The SMILES string of the molecule is CCCN(CCCCCCNCCCc1cccnc1)C1CCc2c(ccc(OC)c2OC)C1.Cl.Cl.Cl. The van der Waals surface area contributed by atoms with Gasteiger partial charge in [-0.05, 0) is 101 Å². The van der Waals surface area contributed by atoms with Gasteiger partial charge >= 0.3 is 0 Å². The zero-order valence-corrected chi connectivity index (χ0v) is 25.3. The molecule has 3 rings (SSSR count). The quantitative estimate of drug-likeness (QED) is 0.225. The summed E-state index contributed by atoms with van der Waals surface area (Å²) in [5, 5.41) is 3.60. The first kappa shape index (κ1) is 35.8. The van der Waals surface area contributed by atoms with E-state index >= 15 is 0 Å². The molecule has 1 aromatic carbocycles. The van der Waals surface area contributed by atoms with Crippen LogP contribution in [0, 0.1) is 0 Å². The largest absolute Gasteiger partial charge is 0.493 e. The van der Waals surface area contributed by atoms with E-state index in [1.54, 1.807) is 14.2 Å². The number of fused-ring (bicyclic) bond motifs is 1. The van der Waals surface area contributed by atoms with Crippen molar-refractivity contribution in [3.8, 4) is 11.5 Å². The number of hydrogen-bond acceptors (Lipinski definition) is 5. The first-order chi connectivity index (χ1) is 16.8. The van der Waals surface area contributed by atoms with Crippen molar-refractivity contribution in [2.45, 2.75) is 77.2 Å². The maximum Gasteiger partial charge on any atom is 0.164 e. The molecule has 212 valence electrons. The van der Waals surface area contributed by atoms with Crippen molar-refractivity contribution in [2.24, 2.45) is 0 Å². The lowest BCUT2D eigenvalue weighted by Crippen LogP contribution is -2.40. The van der Waals surface area contributed by atoms with E-state index in [1.165, 1.54) is 74.7 Å². The smallest absolute Gasteiger partial charge is 0.164 e. The minimum Gasteiger partial charge on any atom is -0.493 e. The van der Waals surface area contributed by atoms with Crippen LogP contribution in [-0.2, 0) is 19.3 Å². The maximum atomic E-state index is 5.69. The van der Waals surface area contributed by atoms with E-state index in [4.69, 9.17) is 9.47 Å². The lowest BCUT2D eigenvalue weighted by atomic mass is 9.86. The molecule has 0 saturated carbocycles. The summed E-state index contributed by atoms with van der Waals surface area (Å²) in [4.78, 5) is 6.93. The van der Waals surface area contributed by atoms with E-state index < -0.39 is 0 Å². The summed E-state index contributed by atoms with van der Waals surface area (Å²) in [6.45, 7) is 6.96. The van der Waals surface area contributed by atoms with Gasteiger partial charge in [-0.3, -0.25) is 4.98 Å². The lowest BCUT2D eigenvalue weighted by Gasteiger charge is -2.36. The van der Waals surface area contributed by atoms with Crippen molar-refractivity contribution in [1.82, 2.24) is 15.2 Å². The van der Waals surface area contributed by atoms with Crippen LogP contribution in [0.25, 0.3) is 0 Å². The molecule has 5 nitrogen and oxygen atoms in total. The molecule has 0 spiro atoms. The average molecular weight is 577 g/mol. The first-order valence-corrected chi connectivity index (χ1v) is 13.3. The molecule has 1 heterocycles. The first-order valence-electron chi connectivity index (χ1n) is 13.3. The van der Waals surface area contributed by atoms with E-state index in [9.17, 15) is 0 Å². The van der Waals surface area contributed by atoms with Gasteiger partial charge in [-0.1, -0.05) is 31.9 Å². The third kappa shape index (κ3) is 11.6. The molecule has 1 aliphatic carbocycles. The molecule has 1 aromatic heterocycles. The zero-order valence-electron chi connectivity index (χ0n) is 22.9. The van der Waals surface area contributed by atoms with Gasteiger partial charge in [0, 0.05) is 24.0 Å². The molecule has 1 aliphatic rings.